The van der Waals surface area contributed by atoms with Crippen LogP contribution in [-0.2, 0) is 4.79 Å². The highest BCUT2D eigenvalue weighted by Gasteiger charge is 2.04. The number of anilines is 1. The van der Waals surface area contributed by atoms with Crippen molar-refractivity contribution in [2.24, 2.45) is 0 Å². The molecule has 0 aliphatic carbocycles. The van der Waals surface area contributed by atoms with E-state index in [-0.39, 0.29) is 11.1 Å². The second-order valence-electron chi connectivity index (χ2n) is 5.22. The molecule has 2 aromatic carbocycles. The van der Waals surface area contributed by atoms with Crippen LogP contribution in [-0.4, -0.2) is 21.3 Å². The maximum Gasteiger partial charge on any atom is 0.300 e. The van der Waals surface area contributed by atoms with Crippen molar-refractivity contribution in [1.82, 2.24) is 10.2 Å². The molecule has 138 valence electrons. The van der Waals surface area contributed by atoms with Gasteiger partial charge in [0.2, 0.25) is 0 Å². The summed E-state index contributed by atoms with van der Waals surface area (Å²) in [7, 11) is 0. The molecule has 9 heteroatoms. The first-order valence-electron chi connectivity index (χ1n) is 7.37. The van der Waals surface area contributed by atoms with Crippen molar-refractivity contribution < 1.29 is 18.7 Å². The van der Waals surface area contributed by atoms with E-state index in [1.807, 2.05) is 0 Å². The van der Waals surface area contributed by atoms with Crippen molar-refractivity contribution in [2.75, 3.05) is 5.73 Å². The Morgan fingerprint density at radius 1 is 1.15 bits per heavy atom. The molecule has 0 fully saturated rings. The number of nitrogens with zero attached hydrogens (tertiary/aromatic N) is 3. The Labute approximate surface area is 153 Å². The molecule has 0 aliphatic rings. The Morgan fingerprint density at radius 3 is 2.22 bits per heavy atom. The van der Waals surface area contributed by atoms with E-state index in [9.17, 15) is 8.78 Å². The van der Waals surface area contributed by atoms with Crippen LogP contribution in [0.25, 0.3) is 10.9 Å². The Hall–Kier alpha value is -3.98. The minimum Gasteiger partial charge on any atom is -0.481 e. The molecule has 0 spiro atoms. The van der Waals surface area contributed by atoms with Crippen LogP contribution < -0.4 is 5.73 Å². The van der Waals surface area contributed by atoms with Gasteiger partial charge in [0.15, 0.2) is 0 Å². The van der Waals surface area contributed by atoms with Crippen molar-refractivity contribution in [1.29, 1.82) is 10.5 Å². The number of aromatic amines is 1. The molecule has 3 rings (SSSR count). The third kappa shape index (κ3) is 6.11. The van der Waals surface area contributed by atoms with Crippen molar-refractivity contribution in [2.45, 2.75) is 13.8 Å². The van der Waals surface area contributed by atoms with E-state index in [0.717, 1.165) is 23.9 Å². The van der Waals surface area contributed by atoms with Gasteiger partial charge in [-0.15, -0.1) is 0 Å². The summed E-state index contributed by atoms with van der Waals surface area (Å²) in [6, 6.07) is 8.82. The smallest absolute Gasteiger partial charge is 0.300 e. The van der Waals surface area contributed by atoms with Gasteiger partial charge in [-0.3, -0.25) is 9.89 Å². The van der Waals surface area contributed by atoms with Gasteiger partial charge in [0.25, 0.3) is 5.97 Å². The highest BCUT2D eigenvalue weighted by molar-refractivity contribution is 5.79. The monoisotopic (exact) mass is 371 g/mol. The third-order valence-electron chi connectivity index (χ3n) is 3.12. The van der Waals surface area contributed by atoms with Gasteiger partial charge < -0.3 is 10.8 Å². The summed E-state index contributed by atoms with van der Waals surface area (Å²) in [5.41, 5.74) is 7.18. The summed E-state index contributed by atoms with van der Waals surface area (Å²) in [5, 5.41) is 31.4. The number of nitrogens with one attached hydrogen (secondary N) is 1. The van der Waals surface area contributed by atoms with Crippen LogP contribution in [0.4, 0.5) is 14.5 Å². The topological polar surface area (TPSA) is 140 Å². The van der Waals surface area contributed by atoms with E-state index >= 15 is 0 Å². The lowest BCUT2D eigenvalue weighted by Gasteiger charge is -1.99. The SMILES string of the molecule is CC(=O)O.Cc1cc(C#N)c(F)cc1N.N#Cc1cc2cn[nH]c2cc1F. The molecular formula is C18H15F2N5O2. The number of carboxylic acids is 1. The number of carbonyl (C=O) groups is 1. The van der Waals surface area contributed by atoms with Crippen LogP contribution in [0, 0.1) is 41.2 Å². The number of nitrogen functional groups attached to an aromatic ring is 1. The number of hydrogen-bond acceptors (Lipinski definition) is 5. The molecule has 0 saturated heterocycles. The number of benzene rings is 2. The Kier molecular flexibility index (Phi) is 7.40. The average molecular weight is 371 g/mol. The number of nitriles is 2. The Balaban J connectivity index is 0.000000227. The van der Waals surface area contributed by atoms with Gasteiger partial charge >= 0.3 is 0 Å². The lowest BCUT2D eigenvalue weighted by atomic mass is 10.1. The van der Waals surface area contributed by atoms with Gasteiger partial charge in [-0.1, -0.05) is 0 Å². The van der Waals surface area contributed by atoms with E-state index in [1.54, 1.807) is 25.3 Å². The molecule has 4 N–H and O–H groups in total. The van der Waals surface area contributed by atoms with E-state index in [0.29, 0.717) is 11.2 Å². The first-order chi connectivity index (χ1) is 12.7. The summed E-state index contributed by atoms with van der Waals surface area (Å²) in [5.74, 6) is -1.91. The van der Waals surface area contributed by atoms with Gasteiger partial charge in [0.1, 0.15) is 23.8 Å². The number of aromatic nitrogens is 2. The van der Waals surface area contributed by atoms with Crippen LogP contribution >= 0.6 is 0 Å². The quantitative estimate of drug-likeness (QED) is 0.518. The average Bonchev–Trinajstić information content (AvgIpc) is 3.04. The predicted molar refractivity (Wildman–Crippen MR) is 94.3 cm³/mol. The molecule has 0 radical (unpaired) electrons. The number of rotatable bonds is 0. The second kappa shape index (κ2) is 9.49. The van der Waals surface area contributed by atoms with Crippen molar-refractivity contribution >= 4 is 22.6 Å². The minimum atomic E-state index is -0.833. The van der Waals surface area contributed by atoms with E-state index < -0.39 is 17.6 Å². The molecular weight excluding hydrogens is 356 g/mol. The number of aryl methyl sites for hydroxylation is 1. The van der Waals surface area contributed by atoms with Gasteiger partial charge in [-0.05, 0) is 30.7 Å². The molecule has 0 amide bonds. The van der Waals surface area contributed by atoms with E-state index in [4.69, 9.17) is 26.2 Å². The van der Waals surface area contributed by atoms with Gasteiger partial charge in [0.05, 0.1) is 22.8 Å². The normalized spacial score (nSPS) is 9.11. The summed E-state index contributed by atoms with van der Waals surface area (Å²) < 4.78 is 25.7. The molecule has 0 atom stereocenters. The fourth-order valence-corrected chi connectivity index (χ4v) is 1.83. The highest BCUT2D eigenvalue weighted by Crippen LogP contribution is 2.16. The lowest BCUT2D eigenvalue weighted by molar-refractivity contribution is -0.134. The van der Waals surface area contributed by atoms with Crippen LogP contribution in [0.5, 0.6) is 0 Å². The number of aliphatic carboxylic acids is 1. The zero-order valence-electron chi connectivity index (χ0n) is 14.4. The number of carboxylic acid groups (broad SMARTS) is 1. The Morgan fingerprint density at radius 2 is 1.67 bits per heavy atom. The van der Waals surface area contributed by atoms with E-state index in [2.05, 4.69) is 10.2 Å². The summed E-state index contributed by atoms with van der Waals surface area (Å²) in [6.45, 7) is 2.82. The standard InChI is InChI=1S/C8H4FN3.C8H7FN2.C2H4O2/c9-7-2-8-6(4-11-12-8)1-5(7)3-10;1-5-2-6(4-10)7(9)3-8(5)11;1-2(3)4/h1-2,4H,(H,11,12);2-3H,11H2,1H3;1H3,(H,3,4). The molecule has 7 nitrogen and oxygen atoms in total. The molecule has 0 bridgehead atoms. The first kappa shape index (κ1) is 21.1. The summed E-state index contributed by atoms with van der Waals surface area (Å²) in [6.07, 6.45) is 1.55. The maximum absolute atomic E-state index is 12.9. The van der Waals surface area contributed by atoms with Crippen molar-refractivity contribution in [3.8, 4) is 12.1 Å². The molecule has 27 heavy (non-hydrogen) atoms. The second-order valence-corrected chi connectivity index (χ2v) is 5.22. The maximum atomic E-state index is 12.9. The zero-order chi connectivity index (χ0) is 20.6. The fraction of sp³-hybridized carbons (Fsp3) is 0.111. The van der Waals surface area contributed by atoms with E-state index in [1.165, 1.54) is 18.2 Å². The number of nitrogens with two attached hydrogens (primary N) is 1. The van der Waals surface area contributed by atoms with Crippen LogP contribution in [0.3, 0.4) is 0 Å². The number of fused-ring (bicyclic) bond motifs is 1. The zero-order valence-corrected chi connectivity index (χ0v) is 14.4. The molecule has 0 unspecified atom stereocenters. The van der Waals surface area contributed by atoms with Gasteiger partial charge in [-0.2, -0.15) is 15.6 Å². The highest BCUT2D eigenvalue weighted by atomic mass is 19.1. The first-order valence-corrected chi connectivity index (χ1v) is 7.37. The molecule has 0 saturated carbocycles. The molecule has 1 heterocycles. The largest absolute Gasteiger partial charge is 0.481 e. The molecule has 0 aliphatic heterocycles. The Bertz CT molecular complexity index is 1040. The predicted octanol–water partition coefficient (Wildman–Crippen LogP) is 3.25. The fourth-order valence-electron chi connectivity index (χ4n) is 1.83. The summed E-state index contributed by atoms with van der Waals surface area (Å²) in [4.78, 5) is 9.00. The third-order valence-corrected chi connectivity index (χ3v) is 3.12. The summed E-state index contributed by atoms with van der Waals surface area (Å²) >= 11 is 0. The number of hydrogen-bond donors (Lipinski definition) is 3. The van der Waals surface area contributed by atoms with Crippen molar-refractivity contribution in [3.05, 3.63) is 58.8 Å². The molecule has 3 aromatic rings. The number of halogens is 2. The van der Waals surface area contributed by atoms with Crippen LogP contribution in [0.15, 0.2) is 30.5 Å². The van der Waals surface area contributed by atoms with Gasteiger partial charge in [0, 0.05) is 24.1 Å². The van der Waals surface area contributed by atoms with Crippen LogP contribution in [0.1, 0.15) is 23.6 Å². The van der Waals surface area contributed by atoms with Gasteiger partial charge in [-0.25, -0.2) is 8.78 Å². The van der Waals surface area contributed by atoms with Crippen molar-refractivity contribution in [3.63, 3.8) is 0 Å². The lowest BCUT2D eigenvalue weighted by Crippen LogP contribution is -1.93. The van der Waals surface area contributed by atoms with Crippen LogP contribution in [0.2, 0.25) is 0 Å². The minimum absolute atomic E-state index is 0.0386. The molecule has 1 aromatic heterocycles. The number of H-pyrrole nitrogens is 1.